The highest BCUT2D eigenvalue weighted by atomic mass is 32.1. The van der Waals surface area contributed by atoms with E-state index in [4.69, 9.17) is 9.47 Å². The van der Waals surface area contributed by atoms with Gasteiger partial charge < -0.3 is 9.47 Å². The molecule has 0 bridgehead atoms. The number of halogens is 1. The Morgan fingerprint density at radius 1 is 1.25 bits per heavy atom. The van der Waals surface area contributed by atoms with E-state index >= 15 is 0 Å². The summed E-state index contributed by atoms with van der Waals surface area (Å²) in [6, 6.07) is 3.12. The van der Waals surface area contributed by atoms with E-state index in [-0.39, 0.29) is 11.5 Å². The fourth-order valence-corrected chi connectivity index (χ4v) is 1.14. The molecule has 0 radical (unpaired) electrons. The Kier molecular flexibility index (Phi) is 2.81. The van der Waals surface area contributed by atoms with Crippen LogP contribution < -0.4 is 9.47 Å². The van der Waals surface area contributed by atoms with Gasteiger partial charge >= 0.3 is 0 Å². The van der Waals surface area contributed by atoms with E-state index in [2.05, 4.69) is 12.6 Å². The second-order valence-corrected chi connectivity index (χ2v) is 2.62. The Labute approximate surface area is 75.7 Å². The summed E-state index contributed by atoms with van der Waals surface area (Å²) in [7, 11) is 2.79. The van der Waals surface area contributed by atoms with Gasteiger partial charge in [0.2, 0.25) is 5.82 Å². The van der Waals surface area contributed by atoms with Crippen molar-refractivity contribution in [3.63, 3.8) is 0 Å². The first-order valence-corrected chi connectivity index (χ1v) is 3.75. The van der Waals surface area contributed by atoms with Crippen molar-refractivity contribution in [3.05, 3.63) is 17.9 Å². The molecule has 0 unspecified atom stereocenters. The molecule has 0 aromatic heterocycles. The zero-order chi connectivity index (χ0) is 9.14. The normalized spacial score (nSPS) is 9.67. The summed E-state index contributed by atoms with van der Waals surface area (Å²) in [5.74, 6) is -0.255. The molecule has 0 saturated heterocycles. The van der Waals surface area contributed by atoms with E-state index in [1.54, 1.807) is 6.07 Å². The largest absolute Gasteiger partial charge is 0.494 e. The minimum Gasteiger partial charge on any atom is -0.494 e. The minimum absolute atomic E-state index is 0.109. The maximum atomic E-state index is 13.2. The zero-order valence-corrected chi connectivity index (χ0v) is 7.69. The van der Waals surface area contributed by atoms with Gasteiger partial charge in [-0.1, -0.05) is 0 Å². The number of hydrogen-bond acceptors (Lipinski definition) is 3. The van der Waals surface area contributed by atoms with Gasteiger partial charge in [-0.15, -0.1) is 12.6 Å². The Morgan fingerprint density at radius 2 is 1.92 bits per heavy atom. The maximum Gasteiger partial charge on any atom is 0.207 e. The van der Waals surface area contributed by atoms with Gasteiger partial charge in [-0.05, 0) is 12.1 Å². The molecule has 1 aromatic rings. The van der Waals surface area contributed by atoms with Gasteiger partial charge in [0.05, 0.1) is 14.2 Å². The molecule has 1 rings (SSSR count). The number of hydrogen-bond donors (Lipinski definition) is 1. The highest BCUT2D eigenvalue weighted by Gasteiger charge is 2.11. The topological polar surface area (TPSA) is 18.5 Å². The number of thiol groups is 1. The molecule has 0 amide bonds. The molecule has 0 aliphatic carbocycles. The second-order valence-electron chi connectivity index (χ2n) is 2.13. The highest BCUT2D eigenvalue weighted by molar-refractivity contribution is 7.80. The summed E-state index contributed by atoms with van der Waals surface area (Å²) < 4.78 is 22.8. The van der Waals surface area contributed by atoms with E-state index < -0.39 is 5.82 Å². The van der Waals surface area contributed by atoms with Gasteiger partial charge in [0.25, 0.3) is 0 Å². The Balaban J connectivity index is 3.24. The first kappa shape index (κ1) is 9.19. The lowest BCUT2D eigenvalue weighted by molar-refractivity contribution is 0.344. The number of ether oxygens (including phenoxy) is 2. The second kappa shape index (κ2) is 3.67. The average molecular weight is 188 g/mol. The molecule has 66 valence electrons. The summed E-state index contributed by atoms with van der Waals surface area (Å²) in [4.78, 5) is 0.454. The monoisotopic (exact) mass is 188 g/mol. The molecule has 0 aliphatic rings. The van der Waals surface area contributed by atoms with Crippen molar-refractivity contribution >= 4 is 12.6 Å². The summed E-state index contributed by atoms with van der Waals surface area (Å²) in [6.45, 7) is 0. The maximum absolute atomic E-state index is 13.2. The van der Waals surface area contributed by atoms with Crippen LogP contribution in [-0.4, -0.2) is 14.2 Å². The average Bonchev–Trinajstić information content (AvgIpc) is 2.06. The quantitative estimate of drug-likeness (QED) is 0.717. The van der Waals surface area contributed by atoms with Crippen LogP contribution in [0.15, 0.2) is 17.0 Å². The third kappa shape index (κ3) is 1.48. The molecule has 0 N–H and O–H groups in total. The van der Waals surface area contributed by atoms with Crippen molar-refractivity contribution in [3.8, 4) is 11.5 Å². The SMILES string of the molecule is COc1ccc(S)c(OC)c1F. The van der Waals surface area contributed by atoms with Gasteiger partial charge in [0.1, 0.15) is 0 Å². The van der Waals surface area contributed by atoms with Crippen LogP contribution in [0.25, 0.3) is 0 Å². The Bertz CT molecular complexity index is 289. The molecule has 1 aromatic carbocycles. The number of rotatable bonds is 2. The van der Waals surface area contributed by atoms with Crippen LogP contribution in [0.5, 0.6) is 11.5 Å². The third-order valence-electron chi connectivity index (χ3n) is 1.46. The van der Waals surface area contributed by atoms with Crippen molar-refractivity contribution in [1.82, 2.24) is 0 Å². The van der Waals surface area contributed by atoms with Crippen LogP contribution in [0, 0.1) is 5.82 Å². The molecule has 0 atom stereocenters. The molecular weight excluding hydrogens is 179 g/mol. The van der Waals surface area contributed by atoms with Crippen LogP contribution in [0.4, 0.5) is 4.39 Å². The van der Waals surface area contributed by atoms with Crippen LogP contribution in [-0.2, 0) is 0 Å². The van der Waals surface area contributed by atoms with Gasteiger partial charge in [0, 0.05) is 4.90 Å². The van der Waals surface area contributed by atoms with E-state index in [0.29, 0.717) is 4.90 Å². The van der Waals surface area contributed by atoms with Gasteiger partial charge in [-0.25, -0.2) is 0 Å². The van der Waals surface area contributed by atoms with E-state index in [1.807, 2.05) is 0 Å². The van der Waals surface area contributed by atoms with Crippen LogP contribution in [0.1, 0.15) is 0 Å². The first-order valence-electron chi connectivity index (χ1n) is 3.30. The molecule has 0 fully saturated rings. The fraction of sp³-hybridized carbons (Fsp3) is 0.250. The van der Waals surface area contributed by atoms with E-state index in [0.717, 1.165) is 0 Å². The standard InChI is InChI=1S/C8H9FO2S/c1-10-5-3-4-6(12)8(11-2)7(5)9/h3-4,12H,1-2H3. The Morgan fingerprint density at radius 3 is 2.42 bits per heavy atom. The Hall–Kier alpha value is -0.900. The van der Waals surface area contributed by atoms with Gasteiger partial charge in [-0.2, -0.15) is 4.39 Å². The molecule has 2 nitrogen and oxygen atoms in total. The van der Waals surface area contributed by atoms with Crippen molar-refractivity contribution in [2.75, 3.05) is 14.2 Å². The van der Waals surface area contributed by atoms with Crippen LogP contribution in [0.3, 0.4) is 0 Å². The fourth-order valence-electron chi connectivity index (χ4n) is 0.880. The smallest absolute Gasteiger partial charge is 0.207 e. The number of benzene rings is 1. The molecule has 0 saturated carbocycles. The van der Waals surface area contributed by atoms with Crippen molar-refractivity contribution in [2.45, 2.75) is 4.90 Å². The highest BCUT2D eigenvalue weighted by Crippen LogP contribution is 2.31. The lowest BCUT2D eigenvalue weighted by Crippen LogP contribution is -1.93. The minimum atomic E-state index is -0.521. The first-order chi connectivity index (χ1) is 5.70. The van der Waals surface area contributed by atoms with E-state index in [9.17, 15) is 4.39 Å². The third-order valence-corrected chi connectivity index (χ3v) is 1.82. The van der Waals surface area contributed by atoms with Crippen molar-refractivity contribution in [2.24, 2.45) is 0 Å². The van der Waals surface area contributed by atoms with Crippen molar-refractivity contribution < 1.29 is 13.9 Å². The molecule has 12 heavy (non-hydrogen) atoms. The summed E-state index contributed by atoms with van der Waals surface area (Å²) >= 11 is 4.01. The molecule has 0 heterocycles. The van der Waals surface area contributed by atoms with Gasteiger partial charge in [0.15, 0.2) is 11.5 Å². The summed E-state index contributed by atoms with van der Waals surface area (Å²) in [5, 5.41) is 0. The number of methoxy groups -OCH3 is 2. The molecular formula is C8H9FO2S. The molecule has 0 spiro atoms. The predicted octanol–water partition coefficient (Wildman–Crippen LogP) is 2.13. The van der Waals surface area contributed by atoms with E-state index in [1.165, 1.54) is 20.3 Å². The lowest BCUT2D eigenvalue weighted by Gasteiger charge is -2.07. The van der Waals surface area contributed by atoms with Crippen molar-refractivity contribution in [1.29, 1.82) is 0 Å². The zero-order valence-electron chi connectivity index (χ0n) is 6.80. The summed E-state index contributed by atoms with van der Waals surface area (Å²) in [6.07, 6.45) is 0. The molecule has 4 heteroatoms. The van der Waals surface area contributed by atoms with Gasteiger partial charge in [-0.3, -0.25) is 0 Å². The predicted molar refractivity (Wildman–Crippen MR) is 46.8 cm³/mol. The van der Waals surface area contributed by atoms with Crippen LogP contribution >= 0.6 is 12.6 Å². The summed E-state index contributed by atoms with van der Waals surface area (Å²) in [5.41, 5.74) is 0. The van der Waals surface area contributed by atoms with Crippen LogP contribution in [0.2, 0.25) is 0 Å². The lowest BCUT2D eigenvalue weighted by atomic mass is 10.3. The molecule has 0 aliphatic heterocycles.